The zero-order valence-electron chi connectivity index (χ0n) is 7.79. The quantitative estimate of drug-likeness (QED) is 0.420. The summed E-state index contributed by atoms with van der Waals surface area (Å²) in [7, 11) is 0. The van der Waals surface area contributed by atoms with Gasteiger partial charge in [-0.2, -0.15) is 0 Å². The minimum atomic E-state index is 0. The van der Waals surface area contributed by atoms with Crippen LogP contribution in [0.1, 0.15) is 1.43 Å². The molecule has 0 unspecified atom stereocenters. The van der Waals surface area contributed by atoms with Gasteiger partial charge in [0.05, 0.1) is 0 Å². The van der Waals surface area contributed by atoms with Crippen molar-refractivity contribution in [2.24, 2.45) is 0 Å². The summed E-state index contributed by atoms with van der Waals surface area (Å²) in [5.41, 5.74) is 0. The molecule has 0 saturated carbocycles. The molecule has 0 bridgehead atoms. The van der Waals surface area contributed by atoms with Gasteiger partial charge in [-0.25, -0.2) is 0 Å². The average Bonchev–Trinajstić information content (AvgIpc) is 2.03. The Morgan fingerprint density at radius 2 is 2.00 bits per heavy atom. The number of para-hydroxylation sites is 1. The topological polar surface area (TPSA) is 9.23 Å². The normalized spacial score (nSPS) is 8.00. The first-order chi connectivity index (χ1) is 4.93. The van der Waals surface area contributed by atoms with Gasteiger partial charge in [-0.15, -0.1) is 0 Å². The van der Waals surface area contributed by atoms with Crippen molar-refractivity contribution in [2.45, 2.75) is 0 Å². The fraction of sp³-hybridized carbons (Fsp3) is 0.111. The molecule has 0 aliphatic rings. The first-order valence-corrected chi connectivity index (χ1v) is 3.22. The number of hydrogen-bond donors (Lipinski definition) is 0. The molecule has 1 rings (SSSR count). The summed E-state index contributed by atoms with van der Waals surface area (Å²) < 4.78 is 5.24. The second-order valence-electron chi connectivity index (χ2n) is 1.91. The van der Waals surface area contributed by atoms with Gasteiger partial charge in [-0.1, -0.05) is 30.9 Å². The van der Waals surface area contributed by atoms with Crippen LogP contribution in [0.3, 0.4) is 0 Å². The van der Waals surface area contributed by atoms with Gasteiger partial charge in [-0.05, 0) is 12.1 Å². The van der Waals surface area contributed by atoms with E-state index in [1.54, 1.807) is 6.08 Å². The Morgan fingerprint density at radius 3 is 2.55 bits per heavy atom. The molecule has 1 aromatic rings. The minimum Gasteiger partial charge on any atom is -1.00 e. The molecule has 0 aromatic heterocycles. The van der Waals surface area contributed by atoms with Crippen molar-refractivity contribution in [3.63, 3.8) is 0 Å². The fourth-order valence-corrected chi connectivity index (χ4v) is 0.672. The van der Waals surface area contributed by atoms with Crippen molar-refractivity contribution in [1.29, 1.82) is 0 Å². The van der Waals surface area contributed by atoms with Crippen LogP contribution in [0.25, 0.3) is 0 Å². The first-order valence-electron chi connectivity index (χ1n) is 3.22. The number of benzene rings is 1. The zero-order valence-corrected chi connectivity index (χ0v) is 8.79. The Hall–Kier alpha value is -0.240. The monoisotopic (exact) mass is 158 g/mol. The molecule has 0 saturated heterocycles. The van der Waals surface area contributed by atoms with E-state index in [0.717, 1.165) is 5.75 Å². The molecule has 0 N–H and O–H groups in total. The third-order valence-corrected chi connectivity index (χ3v) is 1.11. The Labute approximate surface area is 90.8 Å². The smallest absolute Gasteiger partial charge is 1.00 e. The van der Waals surface area contributed by atoms with Crippen LogP contribution in [0.4, 0.5) is 0 Å². The summed E-state index contributed by atoms with van der Waals surface area (Å²) in [6.45, 7) is 4.12. The summed E-state index contributed by atoms with van der Waals surface area (Å²) in [6.07, 6.45) is 1.73. The van der Waals surface area contributed by atoms with Crippen LogP contribution in [0.2, 0.25) is 0 Å². The summed E-state index contributed by atoms with van der Waals surface area (Å²) in [5, 5.41) is 0. The van der Waals surface area contributed by atoms with Crippen molar-refractivity contribution in [1.82, 2.24) is 0 Å². The van der Waals surface area contributed by atoms with Gasteiger partial charge in [-0.3, -0.25) is 0 Å². The fourth-order valence-electron chi connectivity index (χ4n) is 0.672. The van der Waals surface area contributed by atoms with Gasteiger partial charge in [0.2, 0.25) is 0 Å². The Bertz CT molecular complexity index is 201. The molecule has 0 spiro atoms. The molecule has 0 atom stereocenters. The van der Waals surface area contributed by atoms with Crippen molar-refractivity contribution in [2.75, 3.05) is 6.61 Å². The molecule has 1 aromatic carbocycles. The molecule has 2 heteroatoms. The summed E-state index contributed by atoms with van der Waals surface area (Å²) in [4.78, 5) is 0. The second kappa shape index (κ2) is 6.47. The van der Waals surface area contributed by atoms with Crippen LogP contribution >= 0.6 is 0 Å². The molecule has 0 heterocycles. The van der Waals surface area contributed by atoms with Gasteiger partial charge in [0.25, 0.3) is 0 Å². The average molecular weight is 158 g/mol. The van der Waals surface area contributed by atoms with Gasteiger partial charge in [0.1, 0.15) is 12.4 Å². The van der Waals surface area contributed by atoms with Crippen LogP contribution in [0.15, 0.2) is 43.0 Å². The molecular formula is C9H11NaO. The van der Waals surface area contributed by atoms with Crippen LogP contribution in [-0.2, 0) is 0 Å². The van der Waals surface area contributed by atoms with E-state index in [2.05, 4.69) is 6.58 Å². The number of ether oxygens (including phenoxy) is 1. The third-order valence-electron chi connectivity index (χ3n) is 1.11. The summed E-state index contributed by atoms with van der Waals surface area (Å²) in [5.74, 6) is 0.891. The minimum absolute atomic E-state index is 0. The molecule has 0 amide bonds. The molecule has 11 heavy (non-hydrogen) atoms. The van der Waals surface area contributed by atoms with E-state index in [1.165, 1.54) is 0 Å². The maximum absolute atomic E-state index is 5.24. The summed E-state index contributed by atoms with van der Waals surface area (Å²) in [6, 6.07) is 9.69. The zero-order chi connectivity index (χ0) is 7.23. The second-order valence-corrected chi connectivity index (χ2v) is 1.91. The van der Waals surface area contributed by atoms with Crippen LogP contribution < -0.4 is 34.3 Å². The Morgan fingerprint density at radius 1 is 1.36 bits per heavy atom. The van der Waals surface area contributed by atoms with Crippen molar-refractivity contribution in [3.8, 4) is 5.75 Å². The standard InChI is InChI=1S/C9H10O.Na.H/c1-2-8-10-9-6-4-3-5-7-9;;/h2-7H,1,8H2;;/q;+1;-1. The largest absolute Gasteiger partial charge is 1.00 e. The van der Waals surface area contributed by atoms with Crippen LogP contribution in [0.5, 0.6) is 5.75 Å². The summed E-state index contributed by atoms with van der Waals surface area (Å²) >= 11 is 0. The molecular weight excluding hydrogens is 147 g/mol. The van der Waals surface area contributed by atoms with Crippen molar-refractivity contribution >= 4 is 0 Å². The predicted molar refractivity (Wildman–Crippen MR) is 43.2 cm³/mol. The molecule has 1 nitrogen and oxygen atoms in total. The molecule has 0 aliphatic heterocycles. The maximum atomic E-state index is 5.24. The van der Waals surface area contributed by atoms with E-state index in [-0.39, 0.29) is 31.0 Å². The number of rotatable bonds is 3. The van der Waals surface area contributed by atoms with Crippen LogP contribution in [0, 0.1) is 0 Å². The van der Waals surface area contributed by atoms with Gasteiger partial charge in [0, 0.05) is 0 Å². The Kier molecular flexibility index (Phi) is 6.33. The molecule has 0 radical (unpaired) electrons. The predicted octanol–water partition coefficient (Wildman–Crippen LogP) is -0.632. The van der Waals surface area contributed by atoms with Crippen molar-refractivity contribution < 1.29 is 35.7 Å². The van der Waals surface area contributed by atoms with Crippen molar-refractivity contribution in [3.05, 3.63) is 43.0 Å². The maximum Gasteiger partial charge on any atom is 1.00 e. The molecule has 54 valence electrons. The third kappa shape index (κ3) is 4.25. The van der Waals surface area contributed by atoms with E-state index in [1.807, 2.05) is 30.3 Å². The molecule has 0 aliphatic carbocycles. The molecule has 0 fully saturated rings. The van der Waals surface area contributed by atoms with Gasteiger partial charge < -0.3 is 6.16 Å². The van der Waals surface area contributed by atoms with E-state index >= 15 is 0 Å². The van der Waals surface area contributed by atoms with Gasteiger partial charge in [0.15, 0.2) is 0 Å². The van der Waals surface area contributed by atoms with Gasteiger partial charge >= 0.3 is 29.6 Å². The Balaban J connectivity index is 0. The van der Waals surface area contributed by atoms with Crippen LogP contribution in [-0.4, -0.2) is 6.61 Å². The van der Waals surface area contributed by atoms with E-state index in [4.69, 9.17) is 4.74 Å². The number of hydrogen-bond acceptors (Lipinski definition) is 1. The van der Waals surface area contributed by atoms with E-state index in [9.17, 15) is 0 Å². The van der Waals surface area contributed by atoms with E-state index in [0.29, 0.717) is 6.61 Å². The SMILES string of the molecule is C=CCOc1ccccc1.[H-].[Na+]. The first kappa shape index (κ1) is 10.8. The van der Waals surface area contributed by atoms with E-state index < -0.39 is 0 Å².